The van der Waals surface area contributed by atoms with Crippen LogP contribution in [0.3, 0.4) is 0 Å². The summed E-state index contributed by atoms with van der Waals surface area (Å²) in [6.45, 7) is 7.69. The first-order valence-electron chi connectivity index (χ1n) is 12.0. The molecule has 2 heterocycles. The highest BCUT2D eigenvalue weighted by Crippen LogP contribution is 2.25. The molecule has 0 saturated carbocycles. The number of benzene rings is 2. The molecule has 1 saturated heterocycles. The van der Waals surface area contributed by atoms with E-state index in [1.54, 1.807) is 23.2 Å². The zero-order valence-corrected chi connectivity index (χ0v) is 21.4. The molecule has 0 bridgehead atoms. The minimum Gasteiger partial charge on any atom is -0.441 e. The Balaban J connectivity index is 1.25. The molecular formula is C27H33N3O4S. The molecule has 0 spiro atoms. The fourth-order valence-corrected chi connectivity index (χ4v) is 5.59. The summed E-state index contributed by atoms with van der Waals surface area (Å²) in [5.41, 5.74) is 2.03. The van der Waals surface area contributed by atoms with E-state index in [1.165, 1.54) is 4.31 Å². The van der Waals surface area contributed by atoms with E-state index in [4.69, 9.17) is 4.42 Å². The number of sulfonamides is 1. The van der Waals surface area contributed by atoms with E-state index in [0.29, 0.717) is 56.2 Å². The summed E-state index contributed by atoms with van der Waals surface area (Å²) in [6.07, 6.45) is 3.30. The van der Waals surface area contributed by atoms with Crippen molar-refractivity contribution in [2.24, 2.45) is 0 Å². The Morgan fingerprint density at radius 1 is 0.971 bits per heavy atom. The van der Waals surface area contributed by atoms with Gasteiger partial charge in [0, 0.05) is 44.6 Å². The third-order valence-corrected chi connectivity index (χ3v) is 8.26. The van der Waals surface area contributed by atoms with Crippen LogP contribution in [0.1, 0.15) is 45.1 Å². The van der Waals surface area contributed by atoms with Gasteiger partial charge in [-0.15, -0.1) is 0 Å². The second-order valence-electron chi connectivity index (χ2n) is 9.90. The van der Waals surface area contributed by atoms with Gasteiger partial charge in [-0.2, -0.15) is 4.31 Å². The molecule has 0 aliphatic carbocycles. The van der Waals surface area contributed by atoms with Gasteiger partial charge in [-0.05, 0) is 29.5 Å². The first-order valence-corrected chi connectivity index (χ1v) is 13.5. The zero-order valence-electron chi connectivity index (χ0n) is 20.6. The molecule has 0 unspecified atom stereocenters. The largest absolute Gasteiger partial charge is 0.441 e. The fourth-order valence-electron chi connectivity index (χ4n) is 4.16. The Morgan fingerprint density at radius 2 is 1.63 bits per heavy atom. The highest BCUT2D eigenvalue weighted by molar-refractivity contribution is 7.89. The maximum Gasteiger partial charge on any atom is 0.243 e. The van der Waals surface area contributed by atoms with E-state index in [2.05, 4.69) is 25.8 Å². The first kappa shape index (κ1) is 25.1. The minimum absolute atomic E-state index is 0.0337. The van der Waals surface area contributed by atoms with Crippen LogP contribution in [-0.2, 0) is 26.7 Å². The molecule has 0 atom stereocenters. The highest BCUT2D eigenvalue weighted by Gasteiger charge is 2.30. The van der Waals surface area contributed by atoms with Gasteiger partial charge in [0.2, 0.25) is 15.9 Å². The number of hydrogen-bond donors (Lipinski definition) is 0. The van der Waals surface area contributed by atoms with Crippen LogP contribution in [0.5, 0.6) is 0 Å². The number of aromatic nitrogens is 1. The molecule has 8 heteroatoms. The Labute approximate surface area is 207 Å². The summed E-state index contributed by atoms with van der Waals surface area (Å²) in [6, 6.07) is 16.9. The number of carbonyl (C=O) groups is 1. The zero-order chi connectivity index (χ0) is 25.1. The lowest BCUT2D eigenvalue weighted by Gasteiger charge is -2.34. The van der Waals surface area contributed by atoms with Crippen LogP contribution < -0.4 is 0 Å². The van der Waals surface area contributed by atoms with Crippen molar-refractivity contribution in [3.63, 3.8) is 0 Å². The summed E-state index contributed by atoms with van der Waals surface area (Å²) in [5.74, 6) is 1.37. The molecule has 1 aliphatic rings. The van der Waals surface area contributed by atoms with E-state index < -0.39 is 10.0 Å². The molecule has 1 aliphatic heterocycles. The lowest BCUT2D eigenvalue weighted by Crippen LogP contribution is -2.50. The van der Waals surface area contributed by atoms with Crippen molar-refractivity contribution in [3.8, 4) is 11.3 Å². The Kier molecular flexibility index (Phi) is 7.42. The number of piperazine rings is 1. The van der Waals surface area contributed by atoms with Crippen molar-refractivity contribution in [2.45, 2.75) is 50.3 Å². The molecular weight excluding hydrogens is 462 g/mol. The van der Waals surface area contributed by atoms with Crippen molar-refractivity contribution in [3.05, 3.63) is 72.2 Å². The smallest absolute Gasteiger partial charge is 0.243 e. The average Bonchev–Trinajstić information content (AvgIpc) is 3.33. The standard InChI is InChI=1S/C27H33N3O4S/c1-27(2,3)22-12-14-23(15-13-22)35(32,33)30-18-16-29(17-19-30)26(31)11-7-10-25-28-20-24(34-25)21-8-5-4-6-9-21/h4-6,8-9,12-15,20H,7,10-11,16-19H2,1-3H3. The van der Waals surface area contributed by atoms with Crippen molar-refractivity contribution in [1.82, 2.24) is 14.2 Å². The second-order valence-corrected chi connectivity index (χ2v) is 11.8. The molecule has 0 N–H and O–H groups in total. The number of rotatable bonds is 7. The van der Waals surface area contributed by atoms with E-state index >= 15 is 0 Å². The van der Waals surface area contributed by atoms with Crippen molar-refractivity contribution >= 4 is 15.9 Å². The van der Waals surface area contributed by atoms with Crippen LogP contribution >= 0.6 is 0 Å². The summed E-state index contributed by atoms with van der Waals surface area (Å²) < 4.78 is 33.4. The van der Waals surface area contributed by atoms with Gasteiger partial charge in [-0.1, -0.05) is 63.2 Å². The average molecular weight is 496 g/mol. The van der Waals surface area contributed by atoms with Gasteiger partial charge < -0.3 is 9.32 Å². The van der Waals surface area contributed by atoms with Crippen LogP contribution in [0.2, 0.25) is 0 Å². The van der Waals surface area contributed by atoms with Crippen molar-refractivity contribution in [1.29, 1.82) is 0 Å². The molecule has 0 radical (unpaired) electrons. The Morgan fingerprint density at radius 3 is 2.26 bits per heavy atom. The van der Waals surface area contributed by atoms with Crippen LogP contribution in [0.4, 0.5) is 0 Å². The molecule has 186 valence electrons. The lowest BCUT2D eigenvalue weighted by molar-refractivity contribution is -0.132. The van der Waals surface area contributed by atoms with Gasteiger partial charge >= 0.3 is 0 Å². The van der Waals surface area contributed by atoms with E-state index in [1.807, 2.05) is 42.5 Å². The van der Waals surface area contributed by atoms with Crippen LogP contribution in [0.25, 0.3) is 11.3 Å². The van der Waals surface area contributed by atoms with Gasteiger partial charge in [-0.3, -0.25) is 4.79 Å². The van der Waals surface area contributed by atoms with Crippen LogP contribution in [-0.4, -0.2) is 54.7 Å². The third kappa shape index (κ3) is 6.00. The maximum atomic E-state index is 13.1. The molecule has 7 nitrogen and oxygen atoms in total. The predicted molar refractivity (Wildman–Crippen MR) is 135 cm³/mol. The fraction of sp³-hybridized carbons (Fsp3) is 0.407. The molecule has 35 heavy (non-hydrogen) atoms. The maximum absolute atomic E-state index is 13.1. The normalized spacial score (nSPS) is 15.3. The van der Waals surface area contributed by atoms with E-state index in [9.17, 15) is 13.2 Å². The Hall–Kier alpha value is -2.97. The highest BCUT2D eigenvalue weighted by atomic mass is 32.2. The second kappa shape index (κ2) is 10.3. The summed E-state index contributed by atoms with van der Waals surface area (Å²) in [7, 11) is -3.57. The number of carbonyl (C=O) groups excluding carboxylic acids is 1. The van der Waals surface area contributed by atoms with Gasteiger partial charge in [0.25, 0.3) is 0 Å². The number of amides is 1. The summed E-state index contributed by atoms with van der Waals surface area (Å²) >= 11 is 0. The monoisotopic (exact) mass is 495 g/mol. The summed E-state index contributed by atoms with van der Waals surface area (Å²) in [4.78, 5) is 19.0. The van der Waals surface area contributed by atoms with Crippen molar-refractivity contribution < 1.29 is 17.6 Å². The summed E-state index contributed by atoms with van der Waals surface area (Å²) in [5, 5.41) is 0. The van der Waals surface area contributed by atoms with E-state index in [-0.39, 0.29) is 11.3 Å². The van der Waals surface area contributed by atoms with Crippen molar-refractivity contribution in [2.75, 3.05) is 26.2 Å². The molecule has 1 aromatic heterocycles. The topological polar surface area (TPSA) is 83.7 Å². The van der Waals surface area contributed by atoms with Gasteiger partial charge in [-0.25, -0.2) is 13.4 Å². The molecule has 2 aromatic carbocycles. The molecule has 3 aromatic rings. The quantitative estimate of drug-likeness (QED) is 0.482. The van der Waals surface area contributed by atoms with Crippen LogP contribution in [0, 0.1) is 0 Å². The number of aryl methyl sites for hydroxylation is 1. The van der Waals surface area contributed by atoms with Gasteiger partial charge in [0.05, 0.1) is 11.1 Å². The SMILES string of the molecule is CC(C)(C)c1ccc(S(=O)(=O)N2CCN(C(=O)CCCc3ncc(-c4ccccc4)o3)CC2)cc1. The first-order chi connectivity index (χ1) is 16.6. The number of hydrogen-bond acceptors (Lipinski definition) is 5. The molecule has 4 rings (SSSR count). The van der Waals surface area contributed by atoms with E-state index in [0.717, 1.165) is 16.9 Å². The molecule has 1 fully saturated rings. The minimum atomic E-state index is -3.57. The van der Waals surface area contributed by atoms with Gasteiger partial charge in [0.1, 0.15) is 0 Å². The molecule has 1 amide bonds. The Bertz CT molecular complexity index is 1240. The number of nitrogens with zero attached hydrogens (tertiary/aromatic N) is 3. The predicted octanol–water partition coefficient (Wildman–Crippen LogP) is 4.49. The number of oxazole rings is 1. The van der Waals surface area contributed by atoms with Gasteiger partial charge in [0.15, 0.2) is 11.7 Å². The van der Waals surface area contributed by atoms with Crippen LogP contribution in [0.15, 0.2) is 70.1 Å². The third-order valence-electron chi connectivity index (χ3n) is 6.34. The lowest BCUT2D eigenvalue weighted by atomic mass is 9.87.